The molecule has 0 bridgehead atoms. The van der Waals surface area contributed by atoms with Gasteiger partial charge in [0.15, 0.2) is 0 Å². The minimum atomic E-state index is -1.26. The second-order valence-corrected chi connectivity index (χ2v) is 4.40. The zero-order chi connectivity index (χ0) is 13.6. The lowest BCUT2D eigenvalue weighted by molar-refractivity contribution is 0.0676. The van der Waals surface area contributed by atoms with Gasteiger partial charge in [-0.25, -0.2) is 14.0 Å². The highest BCUT2D eigenvalue weighted by Crippen LogP contribution is 2.34. The molecule has 0 spiro atoms. The molecule has 98 valence electrons. The zero-order valence-electron chi connectivity index (χ0n) is 9.78. The summed E-state index contributed by atoms with van der Waals surface area (Å²) in [6.45, 7) is 0. The van der Waals surface area contributed by atoms with Crippen LogP contribution in [-0.2, 0) is 0 Å². The Labute approximate surface area is 106 Å². The maximum Gasteiger partial charge on any atom is 0.374 e. The van der Waals surface area contributed by atoms with Crippen LogP contribution in [0.2, 0.25) is 0 Å². The largest absolute Gasteiger partial charge is 0.475 e. The molecule has 1 aliphatic rings. The van der Waals surface area contributed by atoms with E-state index in [1.165, 1.54) is 18.2 Å². The topological polar surface area (TPSA) is 77.1 Å². The van der Waals surface area contributed by atoms with Crippen LogP contribution in [0.5, 0.6) is 0 Å². The Morgan fingerprint density at radius 3 is 2.74 bits per heavy atom. The maximum atomic E-state index is 13.2. The third-order valence-electron chi connectivity index (χ3n) is 2.97. The maximum absolute atomic E-state index is 13.2. The van der Waals surface area contributed by atoms with Gasteiger partial charge in [-0.2, -0.15) is 4.68 Å². The Morgan fingerprint density at radius 1 is 1.42 bits per heavy atom. The highest BCUT2D eigenvalue weighted by Gasteiger charge is 2.32. The van der Waals surface area contributed by atoms with Gasteiger partial charge in [0, 0.05) is 6.04 Å². The van der Waals surface area contributed by atoms with Gasteiger partial charge in [-0.1, -0.05) is 6.07 Å². The lowest BCUT2D eigenvalue weighted by atomic mass is 10.3. The summed E-state index contributed by atoms with van der Waals surface area (Å²) in [5.41, 5.74) is -0.336. The van der Waals surface area contributed by atoms with Crippen molar-refractivity contribution in [3.63, 3.8) is 0 Å². The van der Waals surface area contributed by atoms with E-state index < -0.39 is 17.5 Å². The number of carboxylic acid groups (broad SMARTS) is 1. The monoisotopic (exact) mass is 263 g/mol. The van der Waals surface area contributed by atoms with Crippen LogP contribution < -0.4 is 5.69 Å². The van der Waals surface area contributed by atoms with Crippen molar-refractivity contribution in [2.75, 3.05) is 0 Å². The molecule has 1 aromatic carbocycles. The van der Waals surface area contributed by atoms with E-state index in [1.807, 2.05) is 0 Å². The fourth-order valence-electron chi connectivity index (χ4n) is 1.96. The zero-order valence-corrected chi connectivity index (χ0v) is 9.78. The van der Waals surface area contributed by atoms with E-state index in [9.17, 15) is 14.0 Å². The molecule has 0 atom stereocenters. The molecule has 19 heavy (non-hydrogen) atoms. The van der Waals surface area contributed by atoms with Gasteiger partial charge in [0.2, 0.25) is 5.82 Å². The number of rotatable bonds is 3. The summed E-state index contributed by atoms with van der Waals surface area (Å²) in [6, 6.07) is 5.21. The second kappa shape index (κ2) is 4.04. The summed E-state index contributed by atoms with van der Waals surface area (Å²) in [5.74, 6) is -2.09. The van der Waals surface area contributed by atoms with E-state index in [0.717, 1.165) is 28.2 Å². The van der Waals surface area contributed by atoms with E-state index in [1.54, 1.807) is 0 Å². The van der Waals surface area contributed by atoms with E-state index >= 15 is 0 Å². The molecule has 0 amide bonds. The molecule has 1 saturated carbocycles. The molecule has 0 saturated heterocycles. The van der Waals surface area contributed by atoms with Crippen molar-refractivity contribution in [2.24, 2.45) is 0 Å². The molecule has 1 aromatic heterocycles. The Morgan fingerprint density at radius 2 is 2.16 bits per heavy atom. The summed E-state index contributed by atoms with van der Waals surface area (Å²) in [7, 11) is 0. The average molecular weight is 263 g/mol. The number of aromatic carboxylic acids is 1. The van der Waals surface area contributed by atoms with Crippen molar-refractivity contribution in [3.8, 4) is 5.69 Å². The third kappa shape index (κ3) is 1.92. The lowest BCUT2D eigenvalue weighted by Crippen LogP contribution is -2.24. The minimum absolute atomic E-state index is 0.110. The molecule has 0 radical (unpaired) electrons. The van der Waals surface area contributed by atoms with Crippen molar-refractivity contribution in [2.45, 2.75) is 18.9 Å². The molecule has 3 rings (SSSR count). The number of benzene rings is 1. The first-order valence-corrected chi connectivity index (χ1v) is 5.78. The summed E-state index contributed by atoms with van der Waals surface area (Å²) in [5, 5.41) is 12.9. The molecule has 0 unspecified atom stereocenters. The van der Waals surface area contributed by atoms with Gasteiger partial charge in [0.1, 0.15) is 5.82 Å². The minimum Gasteiger partial charge on any atom is -0.475 e. The van der Waals surface area contributed by atoms with Crippen LogP contribution in [0.4, 0.5) is 4.39 Å². The van der Waals surface area contributed by atoms with Gasteiger partial charge in [0.25, 0.3) is 0 Å². The van der Waals surface area contributed by atoms with Crippen LogP contribution in [0.15, 0.2) is 29.1 Å². The van der Waals surface area contributed by atoms with E-state index in [2.05, 4.69) is 5.10 Å². The normalized spacial score (nSPS) is 14.6. The Kier molecular flexibility index (Phi) is 2.48. The molecule has 1 aliphatic carbocycles. The lowest BCUT2D eigenvalue weighted by Gasteiger charge is -1.99. The molecule has 2 aromatic rings. The molecular weight excluding hydrogens is 253 g/mol. The van der Waals surface area contributed by atoms with Crippen molar-refractivity contribution in [3.05, 3.63) is 46.4 Å². The number of carboxylic acids is 1. The highest BCUT2D eigenvalue weighted by molar-refractivity contribution is 5.83. The SMILES string of the molecule is O=C(O)c1nn(-c2cccc(F)c2)c(=O)n1C1CC1. The van der Waals surface area contributed by atoms with Gasteiger partial charge in [-0.05, 0) is 31.0 Å². The first-order chi connectivity index (χ1) is 9.08. The fraction of sp³-hybridized carbons (Fsp3) is 0.250. The molecule has 1 heterocycles. The van der Waals surface area contributed by atoms with Gasteiger partial charge in [-0.15, -0.1) is 5.10 Å². The summed E-state index contributed by atoms with van der Waals surface area (Å²) in [6.07, 6.45) is 1.52. The smallest absolute Gasteiger partial charge is 0.374 e. The third-order valence-corrected chi connectivity index (χ3v) is 2.97. The molecule has 6 nitrogen and oxygen atoms in total. The standard InChI is InChI=1S/C12H10FN3O3/c13-7-2-1-3-9(6-7)16-12(19)15(8-4-5-8)10(14-16)11(17)18/h1-3,6,8H,4-5H2,(H,17,18). The summed E-state index contributed by atoms with van der Waals surface area (Å²) in [4.78, 5) is 23.3. The number of halogens is 1. The number of nitrogens with zero attached hydrogens (tertiary/aromatic N) is 3. The van der Waals surface area contributed by atoms with Gasteiger partial charge in [0.05, 0.1) is 5.69 Å². The van der Waals surface area contributed by atoms with Crippen LogP contribution in [0.1, 0.15) is 29.5 Å². The first-order valence-electron chi connectivity index (χ1n) is 5.78. The fourth-order valence-corrected chi connectivity index (χ4v) is 1.96. The molecule has 1 fully saturated rings. The van der Waals surface area contributed by atoms with Crippen LogP contribution >= 0.6 is 0 Å². The summed E-state index contributed by atoms with van der Waals surface area (Å²) >= 11 is 0. The second-order valence-electron chi connectivity index (χ2n) is 4.40. The molecule has 7 heteroatoms. The van der Waals surface area contributed by atoms with Crippen LogP contribution in [0.3, 0.4) is 0 Å². The molecule has 1 N–H and O–H groups in total. The molecule has 0 aliphatic heterocycles. The number of carbonyl (C=O) groups is 1. The van der Waals surface area contributed by atoms with E-state index in [0.29, 0.717) is 0 Å². The highest BCUT2D eigenvalue weighted by atomic mass is 19.1. The Balaban J connectivity index is 2.20. The predicted molar refractivity (Wildman–Crippen MR) is 63.0 cm³/mol. The van der Waals surface area contributed by atoms with Gasteiger partial charge in [-0.3, -0.25) is 4.57 Å². The van der Waals surface area contributed by atoms with Crippen LogP contribution in [0, 0.1) is 5.82 Å². The van der Waals surface area contributed by atoms with E-state index in [4.69, 9.17) is 5.11 Å². The number of aromatic nitrogens is 3. The van der Waals surface area contributed by atoms with E-state index in [-0.39, 0.29) is 17.6 Å². The number of hydrogen-bond acceptors (Lipinski definition) is 3. The molecular formula is C12H10FN3O3. The average Bonchev–Trinajstić information content (AvgIpc) is 3.12. The van der Waals surface area contributed by atoms with Crippen molar-refractivity contribution in [1.29, 1.82) is 0 Å². The predicted octanol–water partition coefficient (Wildman–Crippen LogP) is 1.21. The quantitative estimate of drug-likeness (QED) is 0.902. The van der Waals surface area contributed by atoms with Gasteiger partial charge < -0.3 is 5.11 Å². The van der Waals surface area contributed by atoms with Gasteiger partial charge >= 0.3 is 11.7 Å². The Bertz CT molecular complexity index is 715. The first kappa shape index (κ1) is 11.6. The van der Waals surface area contributed by atoms with Crippen molar-refractivity contribution in [1.82, 2.24) is 14.3 Å². The Hall–Kier alpha value is -2.44. The number of hydrogen-bond donors (Lipinski definition) is 1. The van der Waals surface area contributed by atoms with Crippen molar-refractivity contribution < 1.29 is 14.3 Å². The van der Waals surface area contributed by atoms with Crippen LogP contribution in [0.25, 0.3) is 5.69 Å². The van der Waals surface area contributed by atoms with Crippen LogP contribution in [-0.4, -0.2) is 25.4 Å². The summed E-state index contributed by atoms with van der Waals surface area (Å²) < 4.78 is 15.2. The van der Waals surface area contributed by atoms with Crippen molar-refractivity contribution >= 4 is 5.97 Å².